The number of anilines is 2. The van der Waals surface area contributed by atoms with Gasteiger partial charge in [-0.25, -0.2) is 0 Å². The van der Waals surface area contributed by atoms with Crippen LogP contribution in [0.15, 0.2) is 55.4 Å². The Bertz CT molecular complexity index is 862. The van der Waals surface area contributed by atoms with Gasteiger partial charge in [-0.3, -0.25) is 14.6 Å². The van der Waals surface area contributed by atoms with Crippen molar-refractivity contribution in [2.45, 2.75) is 19.0 Å². The van der Waals surface area contributed by atoms with Gasteiger partial charge in [-0.15, -0.1) is 0 Å². The van der Waals surface area contributed by atoms with Crippen LogP contribution in [0.5, 0.6) is 0 Å². The Morgan fingerprint density at radius 3 is 2.81 bits per heavy atom. The van der Waals surface area contributed by atoms with E-state index in [2.05, 4.69) is 21.8 Å². The number of fused-ring (bicyclic) bond motifs is 4. The Kier molecular flexibility index (Phi) is 4.16. The lowest BCUT2D eigenvalue weighted by molar-refractivity contribution is -0.116. The van der Waals surface area contributed by atoms with Gasteiger partial charge in [-0.2, -0.15) is 0 Å². The first-order valence-corrected chi connectivity index (χ1v) is 8.69. The molecule has 1 N–H and O–H groups in total. The van der Waals surface area contributed by atoms with Gasteiger partial charge in [-0.1, -0.05) is 18.7 Å². The predicted octanol–water partition coefficient (Wildman–Crippen LogP) is 2.12. The standard InChI is InChI=1S/C20H20N4O2/c1-2-19(25)22-11-14-3-5-15(6-4-14)20(26)24-16-8-10-23(13-16)18-12-21-9-7-17(18)24/h2-7,9,12,16H,1,8,10-11,13H2,(H,22,25). The third kappa shape index (κ3) is 2.83. The molecular formula is C20H20N4O2. The van der Waals surface area contributed by atoms with Gasteiger partial charge in [-0.05, 0) is 36.3 Å². The Morgan fingerprint density at radius 1 is 1.23 bits per heavy atom. The molecule has 1 fully saturated rings. The van der Waals surface area contributed by atoms with E-state index in [1.54, 1.807) is 6.20 Å². The minimum Gasteiger partial charge on any atom is -0.366 e. The summed E-state index contributed by atoms with van der Waals surface area (Å²) in [5.74, 6) is -0.208. The highest BCUT2D eigenvalue weighted by Gasteiger charge is 2.39. The maximum absolute atomic E-state index is 13.2. The van der Waals surface area contributed by atoms with Crippen LogP contribution in [-0.2, 0) is 11.3 Å². The summed E-state index contributed by atoms with van der Waals surface area (Å²) in [5, 5.41) is 2.73. The van der Waals surface area contributed by atoms with Gasteiger partial charge in [0.15, 0.2) is 0 Å². The second kappa shape index (κ2) is 6.63. The Balaban J connectivity index is 1.56. The molecule has 0 spiro atoms. The first-order chi connectivity index (χ1) is 12.7. The minimum atomic E-state index is -0.213. The summed E-state index contributed by atoms with van der Waals surface area (Å²) in [7, 11) is 0. The second-order valence-corrected chi connectivity index (χ2v) is 6.55. The molecule has 4 rings (SSSR count). The number of amides is 2. The van der Waals surface area contributed by atoms with Crippen LogP contribution in [0.2, 0.25) is 0 Å². The van der Waals surface area contributed by atoms with E-state index in [9.17, 15) is 9.59 Å². The molecule has 0 aliphatic carbocycles. The Hall–Kier alpha value is -3.15. The van der Waals surface area contributed by atoms with Crippen molar-refractivity contribution in [2.24, 2.45) is 0 Å². The molecule has 2 bridgehead atoms. The summed E-state index contributed by atoms with van der Waals surface area (Å²) in [6.07, 6.45) is 5.77. The Morgan fingerprint density at radius 2 is 2.04 bits per heavy atom. The fraction of sp³-hybridized carbons (Fsp3) is 0.250. The van der Waals surface area contributed by atoms with Crippen molar-refractivity contribution in [3.05, 3.63) is 66.5 Å². The molecule has 2 aliphatic heterocycles. The Labute approximate surface area is 152 Å². The predicted molar refractivity (Wildman–Crippen MR) is 100 cm³/mol. The van der Waals surface area contributed by atoms with Crippen LogP contribution in [0.4, 0.5) is 11.4 Å². The molecule has 6 heteroatoms. The van der Waals surface area contributed by atoms with Crippen molar-refractivity contribution in [3.63, 3.8) is 0 Å². The number of benzene rings is 1. The van der Waals surface area contributed by atoms with E-state index < -0.39 is 0 Å². The number of hydrogen-bond acceptors (Lipinski definition) is 4. The summed E-state index contributed by atoms with van der Waals surface area (Å²) < 4.78 is 0. The molecule has 3 heterocycles. The van der Waals surface area contributed by atoms with Gasteiger partial charge in [0.2, 0.25) is 5.91 Å². The van der Waals surface area contributed by atoms with Crippen LogP contribution >= 0.6 is 0 Å². The third-order valence-electron chi connectivity index (χ3n) is 4.98. The third-order valence-corrected chi connectivity index (χ3v) is 4.98. The van der Waals surface area contributed by atoms with Crippen LogP contribution in [0.25, 0.3) is 0 Å². The molecule has 1 aromatic heterocycles. The number of nitrogens with one attached hydrogen (secondary N) is 1. The summed E-state index contributed by atoms with van der Waals surface area (Å²) >= 11 is 0. The van der Waals surface area contributed by atoms with E-state index in [0.717, 1.165) is 36.4 Å². The van der Waals surface area contributed by atoms with Gasteiger partial charge >= 0.3 is 0 Å². The van der Waals surface area contributed by atoms with Crippen molar-refractivity contribution < 1.29 is 9.59 Å². The van der Waals surface area contributed by atoms with Crippen molar-refractivity contribution in [1.29, 1.82) is 0 Å². The van der Waals surface area contributed by atoms with E-state index >= 15 is 0 Å². The average Bonchev–Trinajstić information content (AvgIpc) is 3.11. The highest BCUT2D eigenvalue weighted by atomic mass is 16.2. The van der Waals surface area contributed by atoms with Crippen LogP contribution in [0.3, 0.4) is 0 Å². The SMILES string of the molecule is C=CC(=O)NCc1ccc(C(=O)N2c3ccncc3N3CCC2C3)cc1. The molecule has 26 heavy (non-hydrogen) atoms. The number of pyridine rings is 1. The first kappa shape index (κ1) is 16.3. The fourth-order valence-corrected chi connectivity index (χ4v) is 3.64. The molecule has 1 atom stereocenters. The van der Waals surface area contributed by atoms with Crippen LogP contribution in [0, 0.1) is 0 Å². The fourth-order valence-electron chi connectivity index (χ4n) is 3.64. The van der Waals surface area contributed by atoms with Crippen molar-refractivity contribution in [3.8, 4) is 0 Å². The van der Waals surface area contributed by atoms with Crippen molar-refractivity contribution >= 4 is 23.2 Å². The van der Waals surface area contributed by atoms with Crippen LogP contribution < -0.4 is 15.1 Å². The summed E-state index contributed by atoms with van der Waals surface area (Å²) in [4.78, 5) is 32.9. The lowest BCUT2D eigenvalue weighted by Crippen LogP contribution is -2.46. The van der Waals surface area contributed by atoms with Gasteiger partial charge in [0, 0.05) is 31.4 Å². The zero-order valence-corrected chi connectivity index (χ0v) is 14.4. The molecule has 2 amide bonds. The maximum atomic E-state index is 13.2. The molecule has 2 aliphatic rings. The molecule has 0 radical (unpaired) electrons. The lowest BCUT2D eigenvalue weighted by atomic mass is 10.1. The number of aromatic nitrogens is 1. The van der Waals surface area contributed by atoms with Crippen LogP contribution in [-0.4, -0.2) is 35.9 Å². The van der Waals surface area contributed by atoms with Gasteiger partial charge < -0.3 is 15.1 Å². The number of carbonyl (C=O) groups excluding carboxylic acids is 2. The largest absolute Gasteiger partial charge is 0.366 e. The van der Waals surface area contributed by atoms with E-state index in [1.807, 2.05) is 41.4 Å². The van der Waals surface area contributed by atoms with Gasteiger partial charge in [0.1, 0.15) is 0 Å². The van der Waals surface area contributed by atoms with Gasteiger partial charge in [0.05, 0.1) is 23.6 Å². The van der Waals surface area contributed by atoms with Crippen LogP contribution in [0.1, 0.15) is 22.3 Å². The quantitative estimate of drug-likeness (QED) is 0.860. The second-order valence-electron chi connectivity index (χ2n) is 6.55. The molecule has 0 saturated carbocycles. The molecule has 1 unspecified atom stereocenters. The van der Waals surface area contributed by atoms with Crippen molar-refractivity contribution in [2.75, 3.05) is 22.9 Å². The maximum Gasteiger partial charge on any atom is 0.258 e. The number of rotatable bonds is 4. The summed E-state index contributed by atoms with van der Waals surface area (Å²) in [5.41, 5.74) is 3.54. The molecule has 6 nitrogen and oxygen atoms in total. The number of hydrogen-bond donors (Lipinski definition) is 1. The minimum absolute atomic E-state index is 0.00526. The highest BCUT2D eigenvalue weighted by molar-refractivity contribution is 6.09. The average molecular weight is 348 g/mol. The molecule has 132 valence electrons. The zero-order chi connectivity index (χ0) is 18.1. The summed E-state index contributed by atoms with van der Waals surface area (Å²) in [6, 6.07) is 9.49. The van der Waals surface area contributed by atoms with E-state index in [0.29, 0.717) is 12.1 Å². The lowest BCUT2D eigenvalue weighted by Gasteiger charge is -2.36. The van der Waals surface area contributed by atoms with Crippen molar-refractivity contribution in [1.82, 2.24) is 10.3 Å². The monoisotopic (exact) mass is 348 g/mol. The first-order valence-electron chi connectivity index (χ1n) is 8.69. The smallest absolute Gasteiger partial charge is 0.258 e. The van der Waals surface area contributed by atoms with E-state index in [-0.39, 0.29) is 17.9 Å². The number of carbonyl (C=O) groups is 2. The summed E-state index contributed by atoms with van der Waals surface area (Å²) in [6.45, 7) is 5.65. The topological polar surface area (TPSA) is 65.5 Å². The van der Waals surface area contributed by atoms with E-state index in [1.165, 1.54) is 6.08 Å². The molecule has 1 saturated heterocycles. The normalized spacial score (nSPS) is 17.6. The zero-order valence-electron chi connectivity index (χ0n) is 14.4. The molecular weight excluding hydrogens is 328 g/mol. The molecule has 1 aromatic carbocycles. The highest BCUT2D eigenvalue weighted by Crippen LogP contribution is 2.39. The van der Waals surface area contributed by atoms with Gasteiger partial charge in [0.25, 0.3) is 5.91 Å². The molecule has 2 aromatic rings. The van der Waals surface area contributed by atoms with E-state index in [4.69, 9.17) is 0 Å². The number of nitrogens with zero attached hydrogens (tertiary/aromatic N) is 3.